The van der Waals surface area contributed by atoms with E-state index in [0.29, 0.717) is 5.75 Å². The number of rotatable bonds is 3. The van der Waals surface area contributed by atoms with Gasteiger partial charge in [0.05, 0.1) is 11.1 Å². The molecule has 8 heteroatoms. The fraction of sp³-hybridized carbons (Fsp3) is 0.455. The molecule has 2 rings (SSSR count). The van der Waals surface area contributed by atoms with Gasteiger partial charge >= 0.3 is 0 Å². The van der Waals surface area contributed by atoms with Crippen molar-refractivity contribution in [2.24, 2.45) is 10.2 Å². The second-order valence-corrected chi connectivity index (χ2v) is 10.3. The average molecular weight is 468 g/mol. The summed E-state index contributed by atoms with van der Waals surface area (Å²) in [6.07, 6.45) is 0. The third-order valence-corrected chi connectivity index (χ3v) is 5.79. The molecule has 5 nitrogen and oxygen atoms in total. The van der Waals surface area contributed by atoms with Crippen molar-refractivity contribution in [3.8, 4) is 11.8 Å². The number of benzene rings is 1. The molecule has 1 atom stereocenters. The van der Waals surface area contributed by atoms with Crippen molar-refractivity contribution in [2.45, 2.75) is 65.3 Å². The molecular formula is C22H25Cl3N4O. The van der Waals surface area contributed by atoms with Crippen LogP contribution in [0, 0.1) is 11.3 Å². The molecule has 1 N–H and O–H groups in total. The number of aromatic hydroxyl groups is 1. The summed E-state index contributed by atoms with van der Waals surface area (Å²) < 4.78 is 0. The topological polar surface area (TPSA) is 81.6 Å². The highest BCUT2D eigenvalue weighted by Gasteiger charge is 2.27. The van der Waals surface area contributed by atoms with Crippen molar-refractivity contribution in [1.82, 2.24) is 4.98 Å². The van der Waals surface area contributed by atoms with Crippen LogP contribution in [0.4, 0.5) is 5.82 Å². The van der Waals surface area contributed by atoms with E-state index >= 15 is 0 Å². The molecular weight excluding hydrogens is 443 g/mol. The van der Waals surface area contributed by atoms with E-state index in [1.165, 1.54) is 0 Å². The van der Waals surface area contributed by atoms with Crippen LogP contribution in [0.15, 0.2) is 22.4 Å². The van der Waals surface area contributed by atoms with E-state index in [1.807, 2.05) is 25.1 Å². The van der Waals surface area contributed by atoms with E-state index in [0.717, 1.165) is 16.7 Å². The number of hydrogen-bond donors (Lipinski definition) is 1. The molecule has 0 aliphatic rings. The second kappa shape index (κ2) is 8.70. The van der Waals surface area contributed by atoms with Crippen molar-refractivity contribution in [3.63, 3.8) is 0 Å². The van der Waals surface area contributed by atoms with Gasteiger partial charge in [-0.25, -0.2) is 4.98 Å². The minimum Gasteiger partial charge on any atom is -0.507 e. The van der Waals surface area contributed by atoms with Crippen molar-refractivity contribution < 1.29 is 5.11 Å². The molecule has 160 valence electrons. The minimum absolute atomic E-state index is 0.00138. The van der Waals surface area contributed by atoms with Gasteiger partial charge in [0, 0.05) is 0 Å². The largest absolute Gasteiger partial charge is 0.507 e. The van der Waals surface area contributed by atoms with E-state index in [-0.39, 0.29) is 43.5 Å². The first-order chi connectivity index (χ1) is 13.7. The van der Waals surface area contributed by atoms with Crippen molar-refractivity contribution in [3.05, 3.63) is 49.6 Å². The number of halogens is 3. The van der Waals surface area contributed by atoms with Crippen LogP contribution >= 0.6 is 34.8 Å². The number of nitrogens with zero attached hydrogens (tertiary/aromatic N) is 4. The third kappa shape index (κ3) is 5.06. The van der Waals surface area contributed by atoms with Crippen LogP contribution in [0.2, 0.25) is 15.2 Å². The molecule has 0 radical (unpaired) electrons. The van der Waals surface area contributed by atoms with Crippen LogP contribution in [0.5, 0.6) is 5.75 Å². The predicted molar refractivity (Wildman–Crippen MR) is 122 cm³/mol. The van der Waals surface area contributed by atoms with Gasteiger partial charge in [0.15, 0.2) is 11.0 Å². The van der Waals surface area contributed by atoms with Gasteiger partial charge < -0.3 is 5.11 Å². The number of aromatic nitrogens is 1. The van der Waals surface area contributed by atoms with Crippen LogP contribution < -0.4 is 0 Å². The lowest BCUT2D eigenvalue weighted by Crippen LogP contribution is -2.18. The normalized spacial score (nSPS) is 13.5. The smallest absolute Gasteiger partial charge is 0.195 e. The summed E-state index contributed by atoms with van der Waals surface area (Å²) in [4.78, 5) is 4.02. The Labute approximate surface area is 192 Å². The van der Waals surface area contributed by atoms with Gasteiger partial charge in [-0.1, -0.05) is 76.3 Å². The second-order valence-electron chi connectivity index (χ2n) is 9.20. The summed E-state index contributed by atoms with van der Waals surface area (Å²) in [7, 11) is 0. The predicted octanol–water partition coefficient (Wildman–Crippen LogP) is 8.06. The van der Waals surface area contributed by atoms with E-state index < -0.39 is 0 Å². The number of nitriles is 1. The highest BCUT2D eigenvalue weighted by atomic mass is 35.5. The molecule has 0 saturated heterocycles. The molecule has 0 amide bonds. The van der Waals surface area contributed by atoms with Crippen LogP contribution in [0.3, 0.4) is 0 Å². The number of phenols is 1. The summed E-state index contributed by atoms with van der Waals surface area (Å²) >= 11 is 18.3. The zero-order valence-corrected chi connectivity index (χ0v) is 20.4. The van der Waals surface area contributed by atoms with Crippen LogP contribution in [-0.2, 0) is 10.8 Å². The maximum absolute atomic E-state index is 10.9. The quantitative estimate of drug-likeness (QED) is 0.366. The molecule has 0 aliphatic carbocycles. The van der Waals surface area contributed by atoms with Gasteiger partial charge in [0.25, 0.3) is 0 Å². The Kier molecular flexibility index (Phi) is 7.08. The Morgan fingerprint density at radius 2 is 1.50 bits per heavy atom. The fourth-order valence-corrected chi connectivity index (χ4v) is 3.56. The first-order valence-electron chi connectivity index (χ1n) is 9.41. The molecule has 1 aromatic carbocycles. The van der Waals surface area contributed by atoms with Gasteiger partial charge in [-0.2, -0.15) is 10.4 Å². The molecule has 0 fully saturated rings. The summed E-state index contributed by atoms with van der Waals surface area (Å²) in [6.45, 7) is 14.2. The SMILES string of the molecule is CC(N=Nc1nc(Cl)c(C#N)c(Cl)c1Cl)c1cc(C(C)(C)C)c(O)c(C(C)(C)C)c1. The lowest BCUT2D eigenvalue weighted by molar-refractivity contribution is 0.422. The van der Waals surface area contributed by atoms with Crippen molar-refractivity contribution in [2.75, 3.05) is 0 Å². The van der Waals surface area contributed by atoms with Gasteiger partial charge in [0.2, 0.25) is 0 Å². The van der Waals surface area contributed by atoms with E-state index in [2.05, 4.69) is 56.8 Å². The van der Waals surface area contributed by atoms with Crippen molar-refractivity contribution in [1.29, 1.82) is 5.26 Å². The molecule has 0 saturated carbocycles. The molecule has 30 heavy (non-hydrogen) atoms. The summed E-state index contributed by atoms with van der Waals surface area (Å²) in [6, 6.07) is 5.41. The molecule has 0 bridgehead atoms. The van der Waals surface area contributed by atoms with E-state index in [4.69, 9.17) is 40.1 Å². The Morgan fingerprint density at radius 1 is 1.00 bits per heavy atom. The van der Waals surface area contributed by atoms with Crippen LogP contribution in [0.25, 0.3) is 0 Å². The molecule has 1 heterocycles. The standard InChI is InChI=1S/C22H25Cl3N4O/c1-11(28-29-20-17(24)16(23)13(10-26)19(25)27-20)12-8-14(21(2,3)4)18(30)15(9-12)22(5,6)7/h8-9,11,30H,1-7H3. The Morgan fingerprint density at radius 3 is 1.93 bits per heavy atom. The summed E-state index contributed by atoms with van der Waals surface area (Å²) in [5.74, 6) is 0.349. The fourth-order valence-electron chi connectivity index (χ4n) is 2.91. The van der Waals surface area contributed by atoms with Gasteiger partial charge in [-0.3, -0.25) is 0 Å². The first-order valence-corrected chi connectivity index (χ1v) is 10.5. The molecule has 0 spiro atoms. The first kappa shape index (κ1) is 24.4. The van der Waals surface area contributed by atoms with E-state index in [1.54, 1.807) is 0 Å². The van der Waals surface area contributed by atoms with Crippen LogP contribution in [-0.4, -0.2) is 10.1 Å². The highest BCUT2D eigenvalue weighted by Crippen LogP contribution is 2.42. The number of pyridine rings is 1. The molecule has 1 aromatic heterocycles. The highest BCUT2D eigenvalue weighted by molar-refractivity contribution is 6.45. The van der Waals surface area contributed by atoms with Gasteiger partial charge in [0.1, 0.15) is 22.4 Å². The summed E-state index contributed by atoms with van der Waals surface area (Å²) in [5, 5.41) is 28.4. The Bertz CT molecular complexity index is 1010. The molecule has 1 unspecified atom stereocenters. The Hall–Kier alpha value is -1.87. The number of azo groups is 1. The van der Waals surface area contributed by atoms with Gasteiger partial charge in [-0.05, 0) is 46.6 Å². The van der Waals surface area contributed by atoms with Gasteiger partial charge in [-0.15, -0.1) is 5.11 Å². The van der Waals surface area contributed by atoms with Crippen molar-refractivity contribution >= 4 is 40.6 Å². The van der Waals surface area contributed by atoms with Crippen LogP contribution in [0.1, 0.15) is 76.8 Å². The zero-order valence-electron chi connectivity index (χ0n) is 18.1. The molecule has 2 aromatic rings. The molecule has 0 aliphatic heterocycles. The Balaban J connectivity index is 2.55. The minimum atomic E-state index is -0.348. The zero-order chi connectivity index (χ0) is 23.0. The number of phenolic OH excluding ortho intramolecular Hbond substituents is 1. The maximum atomic E-state index is 10.9. The lowest BCUT2D eigenvalue weighted by Gasteiger charge is -2.28. The van der Waals surface area contributed by atoms with E-state index in [9.17, 15) is 5.11 Å². The maximum Gasteiger partial charge on any atom is 0.195 e. The number of hydrogen-bond acceptors (Lipinski definition) is 5. The lowest BCUT2D eigenvalue weighted by atomic mass is 9.78. The average Bonchev–Trinajstić information content (AvgIpc) is 2.62. The summed E-state index contributed by atoms with van der Waals surface area (Å²) in [5.41, 5.74) is 2.07. The third-order valence-electron chi connectivity index (χ3n) is 4.69. The monoisotopic (exact) mass is 466 g/mol.